The van der Waals surface area contributed by atoms with E-state index in [-0.39, 0.29) is 16.7 Å². The summed E-state index contributed by atoms with van der Waals surface area (Å²) in [5.41, 5.74) is 2.67. The number of aromatic nitrogens is 1. The lowest BCUT2D eigenvalue weighted by Crippen LogP contribution is -2.43. The summed E-state index contributed by atoms with van der Waals surface area (Å²) in [6.07, 6.45) is 3.70. The van der Waals surface area contributed by atoms with Gasteiger partial charge in [-0.25, -0.2) is 8.42 Å². The Morgan fingerprint density at radius 2 is 1.84 bits per heavy atom. The largest absolute Gasteiger partial charge is 0.361 e. The molecule has 1 aliphatic heterocycles. The summed E-state index contributed by atoms with van der Waals surface area (Å²) >= 11 is 0. The van der Waals surface area contributed by atoms with Crippen LogP contribution in [-0.4, -0.2) is 43.2 Å². The summed E-state index contributed by atoms with van der Waals surface area (Å²) in [5, 5.41) is 13.0. The fourth-order valence-electron chi connectivity index (χ4n) is 4.01. The molecular weight excluding hydrogens is 412 g/mol. The van der Waals surface area contributed by atoms with Crippen molar-refractivity contribution < 1.29 is 13.2 Å². The standard InChI is InChI=1S/C23H24N4O3S/c24-15-17-5-7-20(8-6-17)31(29,30)27-13-10-18(11-14-27)23(28)25-12-9-19-16-26-22-4-2-1-3-21(19)22/h1-8,16,18,26H,9-14H2,(H,25,28). The highest BCUT2D eigenvalue weighted by Crippen LogP contribution is 2.24. The summed E-state index contributed by atoms with van der Waals surface area (Å²) in [5.74, 6) is -0.203. The molecule has 0 spiro atoms. The summed E-state index contributed by atoms with van der Waals surface area (Å²) < 4.78 is 27.0. The summed E-state index contributed by atoms with van der Waals surface area (Å²) in [7, 11) is -3.61. The van der Waals surface area contributed by atoms with Crippen molar-refractivity contribution >= 4 is 26.8 Å². The van der Waals surface area contributed by atoms with E-state index < -0.39 is 10.0 Å². The van der Waals surface area contributed by atoms with Crippen LogP contribution >= 0.6 is 0 Å². The minimum absolute atomic E-state index is 0.0183. The van der Waals surface area contributed by atoms with E-state index in [1.54, 1.807) is 0 Å². The molecule has 0 atom stereocenters. The fourth-order valence-corrected chi connectivity index (χ4v) is 5.48. The number of nitriles is 1. The van der Waals surface area contributed by atoms with Crippen molar-refractivity contribution in [3.63, 3.8) is 0 Å². The molecule has 0 radical (unpaired) electrons. The third kappa shape index (κ3) is 4.48. The van der Waals surface area contributed by atoms with Gasteiger partial charge < -0.3 is 10.3 Å². The van der Waals surface area contributed by atoms with Crippen LogP contribution in [0.5, 0.6) is 0 Å². The van der Waals surface area contributed by atoms with E-state index in [2.05, 4.69) is 16.4 Å². The van der Waals surface area contributed by atoms with Crippen LogP contribution in [0, 0.1) is 17.2 Å². The molecule has 1 amide bonds. The number of hydrogen-bond acceptors (Lipinski definition) is 4. The average Bonchev–Trinajstić information content (AvgIpc) is 3.22. The monoisotopic (exact) mass is 436 g/mol. The zero-order valence-electron chi connectivity index (χ0n) is 17.0. The van der Waals surface area contributed by atoms with E-state index in [0.29, 0.717) is 38.0 Å². The van der Waals surface area contributed by atoms with Crippen LogP contribution in [0.25, 0.3) is 10.9 Å². The van der Waals surface area contributed by atoms with E-state index in [1.807, 2.05) is 30.5 Å². The van der Waals surface area contributed by atoms with Gasteiger partial charge in [-0.2, -0.15) is 9.57 Å². The first-order valence-corrected chi connectivity index (χ1v) is 11.8. The molecule has 0 bridgehead atoms. The lowest BCUT2D eigenvalue weighted by Gasteiger charge is -2.30. The molecule has 3 aromatic rings. The highest BCUT2D eigenvalue weighted by Gasteiger charge is 2.32. The number of aromatic amines is 1. The van der Waals surface area contributed by atoms with E-state index in [9.17, 15) is 13.2 Å². The highest BCUT2D eigenvalue weighted by atomic mass is 32.2. The summed E-state index contributed by atoms with van der Waals surface area (Å²) in [4.78, 5) is 16.0. The van der Waals surface area contributed by atoms with Crippen LogP contribution in [0.15, 0.2) is 59.6 Å². The van der Waals surface area contributed by atoms with Crippen molar-refractivity contribution in [1.82, 2.24) is 14.6 Å². The molecule has 1 aromatic heterocycles. The Bertz CT molecular complexity index is 1220. The van der Waals surface area contributed by atoms with Crippen LogP contribution in [0.2, 0.25) is 0 Å². The van der Waals surface area contributed by atoms with Crippen molar-refractivity contribution in [3.05, 3.63) is 65.9 Å². The summed E-state index contributed by atoms with van der Waals surface area (Å²) in [6.45, 7) is 1.16. The van der Waals surface area contributed by atoms with Gasteiger partial charge in [0.25, 0.3) is 0 Å². The van der Waals surface area contributed by atoms with Gasteiger partial charge >= 0.3 is 0 Å². The quantitative estimate of drug-likeness (QED) is 0.620. The molecule has 1 fully saturated rings. The van der Waals surface area contributed by atoms with Crippen LogP contribution in [-0.2, 0) is 21.2 Å². The number of nitrogens with zero attached hydrogens (tertiary/aromatic N) is 2. The molecule has 2 heterocycles. The van der Waals surface area contributed by atoms with Gasteiger partial charge in [-0.05, 0) is 55.2 Å². The van der Waals surface area contributed by atoms with E-state index in [0.717, 1.165) is 17.3 Å². The number of nitrogens with one attached hydrogen (secondary N) is 2. The molecule has 31 heavy (non-hydrogen) atoms. The second-order valence-corrected chi connectivity index (χ2v) is 9.65. The predicted molar refractivity (Wildman–Crippen MR) is 118 cm³/mol. The number of para-hydroxylation sites is 1. The molecule has 0 aliphatic carbocycles. The minimum atomic E-state index is -3.61. The first-order chi connectivity index (χ1) is 15.0. The van der Waals surface area contributed by atoms with Crippen molar-refractivity contribution in [2.24, 2.45) is 5.92 Å². The molecular formula is C23H24N4O3S. The van der Waals surface area contributed by atoms with Crippen molar-refractivity contribution in [1.29, 1.82) is 5.26 Å². The topological polar surface area (TPSA) is 106 Å². The second kappa shape index (κ2) is 8.92. The van der Waals surface area contributed by atoms with Crippen LogP contribution in [0.1, 0.15) is 24.0 Å². The zero-order valence-corrected chi connectivity index (χ0v) is 17.9. The highest BCUT2D eigenvalue weighted by molar-refractivity contribution is 7.89. The Morgan fingerprint density at radius 1 is 1.13 bits per heavy atom. The van der Waals surface area contributed by atoms with Gasteiger partial charge in [-0.1, -0.05) is 18.2 Å². The third-order valence-corrected chi connectivity index (χ3v) is 7.73. The number of amides is 1. The Morgan fingerprint density at radius 3 is 2.55 bits per heavy atom. The lowest BCUT2D eigenvalue weighted by atomic mass is 9.97. The Labute approximate surface area is 181 Å². The van der Waals surface area contributed by atoms with Gasteiger partial charge in [0.15, 0.2) is 0 Å². The number of rotatable bonds is 6. The fraction of sp³-hybridized carbons (Fsp3) is 0.304. The maximum absolute atomic E-state index is 12.8. The maximum Gasteiger partial charge on any atom is 0.243 e. The minimum Gasteiger partial charge on any atom is -0.361 e. The first-order valence-electron chi connectivity index (χ1n) is 10.3. The third-order valence-electron chi connectivity index (χ3n) is 5.81. The predicted octanol–water partition coefficient (Wildman–Crippen LogP) is 2.80. The molecule has 2 N–H and O–H groups in total. The van der Waals surface area contributed by atoms with Crippen LogP contribution < -0.4 is 5.32 Å². The van der Waals surface area contributed by atoms with Crippen molar-refractivity contribution in [2.75, 3.05) is 19.6 Å². The smallest absolute Gasteiger partial charge is 0.243 e. The number of sulfonamides is 1. The van der Waals surface area contributed by atoms with Crippen LogP contribution in [0.4, 0.5) is 0 Å². The molecule has 0 saturated carbocycles. The van der Waals surface area contributed by atoms with Gasteiger partial charge in [0.2, 0.25) is 15.9 Å². The van der Waals surface area contributed by atoms with Gasteiger partial charge in [0.1, 0.15) is 0 Å². The van der Waals surface area contributed by atoms with Gasteiger partial charge in [0.05, 0.1) is 16.5 Å². The number of benzene rings is 2. The van der Waals surface area contributed by atoms with E-state index in [1.165, 1.54) is 34.1 Å². The van der Waals surface area contributed by atoms with Crippen LogP contribution in [0.3, 0.4) is 0 Å². The Hall–Kier alpha value is -3.15. The molecule has 0 unspecified atom stereocenters. The SMILES string of the molecule is N#Cc1ccc(S(=O)(=O)N2CCC(C(=O)NCCc3c[nH]c4ccccc34)CC2)cc1. The number of piperidine rings is 1. The molecule has 1 aliphatic rings. The van der Waals surface area contributed by atoms with Crippen molar-refractivity contribution in [3.8, 4) is 6.07 Å². The Kier molecular flexibility index (Phi) is 6.07. The van der Waals surface area contributed by atoms with Crippen molar-refractivity contribution in [2.45, 2.75) is 24.2 Å². The number of hydrogen-bond donors (Lipinski definition) is 2. The van der Waals surface area contributed by atoms with Gasteiger partial charge in [-0.3, -0.25) is 4.79 Å². The molecule has 1 saturated heterocycles. The second-order valence-electron chi connectivity index (χ2n) is 7.72. The first kappa shape index (κ1) is 21.1. The number of carbonyl (C=O) groups is 1. The van der Waals surface area contributed by atoms with E-state index in [4.69, 9.17) is 5.26 Å². The number of fused-ring (bicyclic) bond motifs is 1. The zero-order chi connectivity index (χ0) is 21.8. The molecule has 160 valence electrons. The number of H-pyrrole nitrogens is 1. The molecule has 2 aromatic carbocycles. The molecule has 4 rings (SSSR count). The normalized spacial score (nSPS) is 15.6. The molecule has 8 heteroatoms. The average molecular weight is 437 g/mol. The number of carbonyl (C=O) groups excluding carboxylic acids is 1. The maximum atomic E-state index is 12.8. The lowest BCUT2D eigenvalue weighted by molar-refractivity contribution is -0.126. The summed E-state index contributed by atoms with van der Waals surface area (Å²) in [6, 6.07) is 16.0. The Balaban J connectivity index is 1.29. The molecule has 7 nitrogen and oxygen atoms in total. The van der Waals surface area contributed by atoms with E-state index >= 15 is 0 Å². The van der Waals surface area contributed by atoms with Gasteiger partial charge in [0, 0.05) is 42.7 Å². The van der Waals surface area contributed by atoms with Gasteiger partial charge in [-0.15, -0.1) is 0 Å².